The maximum atomic E-state index is 11.8. The van der Waals surface area contributed by atoms with Crippen molar-refractivity contribution < 1.29 is 48.2 Å². The van der Waals surface area contributed by atoms with Gasteiger partial charge in [0.1, 0.15) is 6.61 Å². The third kappa shape index (κ3) is 8.97. The number of ether oxygens (including phenoxy) is 6. The summed E-state index contributed by atoms with van der Waals surface area (Å²) in [5.74, 6) is 1.28. The predicted octanol–water partition coefficient (Wildman–Crippen LogP) is 4.73. The van der Waals surface area contributed by atoms with Crippen LogP contribution in [0.2, 0.25) is 0 Å². The minimum absolute atomic E-state index is 0.0906. The van der Waals surface area contributed by atoms with E-state index in [-0.39, 0.29) is 41.5 Å². The van der Waals surface area contributed by atoms with Crippen molar-refractivity contribution in [3.05, 3.63) is 12.2 Å². The Hall–Kier alpha value is -1.56. The monoisotopic (exact) mass is 666 g/mol. The molecule has 4 aliphatic carbocycles. The molecule has 47 heavy (non-hydrogen) atoms. The number of aliphatic hydroxyl groups excluding tert-OH is 2. The Morgan fingerprint density at radius 2 is 1.51 bits per heavy atom. The Morgan fingerprint density at radius 1 is 0.872 bits per heavy atom. The molecule has 0 radical (unpaired) electrons. The van der Waals surface area contributed by atoms with Crippen LogP contribution in [-0.2, 0) is 38.0 Å². The lowest BCUT2D eigenvalue weighted by Gasteiger charge is -2.63. The van der Waals surface area contributed by atoms with Gasteiger partial charge >= 0.3 is 11.9 Å². The quantitative estimate of drug-likeness (QED) is 0.120. The van der Waals surface area contributed by atoms with Crippen molar-refractivity contribution in [2.24, 2.45) is 46.3 Å². The van der Waals surface area contributed by atoms with E-state index in [0.29, 0.717) is 87.8 Å². The Bertz CT molecular complexity index is 1030. The molecule has 11 atom stereocenters. The van der Waals surface area contributed by atoms with Gasteiger partial charge in [-0.05, 0) is 105 Å². The summed E-state index contributed by atoms with van der Waals surface area (Å²) in [5, 5.41) is 23.5. The molecule has 4 aliphatic rings. The van der Waals surface area contributed by atoms with Crippen molar-refractivity contribution in [3.63, 3.8) is 0 Å². The van der Waals surface area contributed by atoms with Gasteiger partial charge in [-0.1, -0.05) is 27.4 Å². The zero-order valence-electron chi connectivity index (χ0n) is 29.6. The average molecular weight is 667 g/mol. The summed E-state index contributed by atoms with van der Waals surface area (Å²) in [6.07, 6.45) is 7.23. The highest BCUT2D eigenvalue weighted by Gasteiger charge is 2.65. The minimum atomic E-state index is -0.411. The van der Waals surface area contributed by atoms with Crippen LogP contribution in [0.25, 0.3) is 0 Å². The Morgan fingerprint density at radius 3 is 2.15 bits per heavy atom. The maximum Gasteiger partial charge on any atom is 0.333 e. The average Bonchev–Trinajstić information content (AvgIpc) is 3.41. The number of fused-ring (bicyclic) bond motifs is 5. The third-order valence-electron chi connectivity index (χ3n) is 12.7. The number of methoxy groups -OCH3 is 1. The van der Waals surface area contributed by atoms with Crippen LogP contribution in [0.15, 0.2) is 12.2 Å². The van der Waals surface area contributed by atoms with E-state index in [1.54, 1.807) is 6.92 Å². The standard InChI is InChI=1S/C37H62O10/c1-24(2)35(41)47-20-18-45-16-14-43-13-15-44-17-19-46-27-11-12-36(4)26(21-27)22-31(38)34-29-9-8-28(25(3)7-10-33(40)42-6)37(29,5)32(39)23-30(34)36/h25-32,34,38-39H,1,7-23H2,2-6H3/t25-,26+,27-,28-,29+,30+,31-,32+,34+,36+,37-/m1/s1. The highest BCUT2D eigenvalue weighted by atomic mass is 16.6. The molecule has 4 saturated carbocycles. The normalized spacial score (nSPS) is 36.9. The predicted molar refractivity (Wildman–Crippen MR) is 176 cm³/mol. The van der Waals surface area contributed by atoms with Crippen LogP contribution in [0.3, 0.4) is 0 Å². The number of carbonyl (C=O) groups excluding carboxylic acids is 2. The first kappa shape index (κ1) is 38.2. The Balaban J connectivity index is 1.15. The third-order valence-corrected chi connectivity index (χ3v) is 12.7. The van der Waals surface area contributed by atoms with E-state index in [4.69, 9.17) is 28.4 Å². The van der Waals surface area contributed by atoms with Crippen LogP contribution in [0.5, 0.6) is 0 Å². The summed E-state index contributed by atoms with van der Waals surface area (Å²) >= 11 is 0. The van der Waals surface area contributed by atoms with E-state index < -0.39 is 12.1 Å². The molecule has 0 unspecified atom stereocenters. The summed E-state index contributed by atoms with van der Waals surface area (Å²) < 4.78 is 32.7. The topological polar surface area (TPSA) is 130 Å². The van der Waals surface area contributed by atoms with E-state index in [2.05, 4.69) is 27.4 Å². The number of hydrogen-bond donors (Lipinski definition) is 2. The molecule has 0 aromatic heterocycles. The van der Waals surface area contributed by atoms with Gasteiger partial charge in [0.25, 0.3) is 0 Å². The molecule has 0 aromatic carbocycles. The minimum Gasteiger partial charge on any atom is -0.469 e. The first-order valence-electron chi connectivity index (χ1n) is 18.0. The molecule has 4 rings (SSSR count). The van der Waals surface area contributed by atoms with Crippen LogP contribution in [-0.4, -0.2) is 100 Å². The van der Waals surface area contributed by atoms with Gasteiger partial charge in [-0.15, -0.1) is 0 Å². The summed E-state index contributed by atoms with van der Waals surface area (Å²) in [7, 11) is 1.44. The smallest absolute Gasteiger partial charge is 0.333 e. The van der Waals surface area contributed by atoms with Gasteiger partial charge in [-0.2, -0.15) is 0 Å². The molecule has 0 bridgehead atoms. The van der Waals surface area contributed by atoms with Crippen molar-refractivity contribution in [1.29, 1.82) is 0 Å². The molecular weight excluding hydrogens is 604 g/mol. The lowest BCUT2D eigenvalue weighted by atomic mass is 9.43. The second-order valence-corrected chi connectivity index (χ2v) is 15.2. The van der Waals surface area contributed by atoms with Crippen molar-refractivity contribution in [2.45, 2.75) is 104 Å². The summed E-state index contributed by atoms with van der Waals surface area (Å²) in [4.78, 5) is 23.1. The molecule has 2 N–H and O–H groups in total. The van der Waals surface area contributed by atoms with Gasteiger partial charge in [0, 0.05) is 12.0 Å². The van der Waals surface area contributed by atoms with E-state index in [1.165, 1.54) is 7.11 Å². The molecule has 0 amide bonds. The van der Waals surface area contributed by atoms with Gasteiger partial charge < -0.3 is 38.6 Å². The number of carbonyl (C=O) groups is 2. The molecule has 10 nitrogen and oxygen atoms in total. The van der Waals surface area contributed by atoms with E-state index >= 15 is 0 Å². The van der Waals surface area contributed by atoms with E-state index in [9.17, 15) is 19.8 Å². The summed E-state index contributed by atoms with van der Waals surface area (Å²) in [5.41, 5.74) is 0.228. The second kappa shape index (κ2) is 17.4. The van der Waals surface area contributed by atoms with Gasteiger partial charge in [-0.25, -0.2) is 4.79 Å². The van der Waals surface area contributed by atoms with Crippen molar-refractivity contribution in [2.75, 3.05) is 60.0 Å². The molecule has 270 valence electrons. The Labute approximate surface area is 282 Å². The first-order valence-corrected chi connectivity index (χ1v) is 18.0. The molecule has 4 fully saturated rings. The van der Waals surface area contributed by atoms with Gasteiger partial charge in [0.15, 0.2) is 0 Å². The van der Waals surface area contributed by atoms with Crippen LogP contribution in [0.1, 0.15) is 85.5 Å². The molecule has 0 aliphatic heterocycles. The molecular formula is C37H62O10. The van der Waals surface area contributed by atoms with Crippen molar-refractivity contribution in [3.8, 4) is 0 Å². The number of aliphatic hydroxyl groups is 2. The van der Waals surface area contributed by atoms with Crippen molar-refractivity contribution >= 4 is 11.9 Å². The first-order chi connectivity index (χ1) is 22.4. The lowest BCUT2D eigenvalue weighted by molar-refractivity contribution is -0.209. The number of hydrogen-bond acceptors (Lipinski definition) is 10. The van der Waals surface area contributed by atoms with Gasteiger partial charge in [0.05, 0.1) is 71.7 Å². The van der Waals surface area contributed by atoms with E-state index in [1.807, 2.05) is 0 Å². The van der Waals surface area contributed by atoms with Crippen molar-refractivity contribution in [1.82, 2.24) is 0 Å². The SMILES string of the molecule is C=C(C)C(=O)OCCOCCOCCOCCO[C@@H]1CC[C@@]2(C)[C@@H](C1)C[C@@H](O)[C@@H]1[C@@H]2C[C@H](O)[C@]2(C)[C@@H]([C@H](C)CCC(=O)OC)CC[C@@H]12. The largest absolute Gasteiger partial charge is 0.469 e. The van der Waals surface area contributed by atoms with Gasteiger partial charge in [-0.3, -0.25) is 4.79 Å². The Kier molecular flexibility index (Phi) is 14.2. The molecule has 0 aromatic rings. The molecule has 10 heteroatoms. The number of esters is 2. The highest BCUT2D eigenvalue weighted by molar-refractivity contribution is 5.86. The van der Waals surface area contributed by atoms with Crippen LogP contribution in [0.4, 0.5) is 0 Å². The fraction of sp³-hybridized carbons (Fsp3) is 0.892. The fourth-order valence-electron chi connectivity index (χ4n) is 10.0. The maximum absolute atomic E-state index is 11.8. The fourth-order valence-corrected chi connectivity index (χ4v) is 10.0. The zero-order chi connectivity index (χ0) is 34.2. The van der Waals surface area contributed by atoms with Gasteiger partial charge in [0.2, 0.25) is 0 Å². The number of rotatable bonds is 18. The highest BCUT2D eigenvalue weighted by Crippen LogP contribution is 2.68. The summed E-state index contributed by atoms with van der Waals surface area (Å²) in [6.45, 7) is 15.4. The van der Waals surface area contributed by atoms with Crippen LogP contribution in [0, 0.1) is 46.3 Å². The molecule has 0 spiro atoms. The van der Waals surface area contributed by atoms with Crippen LogP contribution < -0.4 is 0 Å². The zero-order valence-corrected chi connectivity index (χ0v) is 29.6. The van der Waals surface area contributed by atoms with Crippen LogP contribution >= 0.6 is 0 Å². The lowest BCUT2D eigenvalue weighted by Crippen LogP contribution is -2.62. The molecule has 0 heterocycles. The molecule has 0 saturated heterocycles. The van der Waals surface area contributed by atoms with E-state index in [0.717, 1.165) is 51.4 Å². The second-order valence-electron chi connectivity index (χ2n) is 15.2. The summed E-state index contributed by atoms with van der Waals surface area (Å²) in [6, 6.07) is 0.